The molecule has 4 heterocycles. The van der Waals surface area contributed by atoms with Gasteiger partial charge in [0.15, 0.2) is 0 Å². The van der Waals surface area contributed by atoms with Crippen molar-refractivity contribution in [2.45, 2.75) is 36.3 Å². The monoisotopic (exact) mass is 308 g/mol. The number of hydrogen-bond acceptors (Lipinski definition) is 7. The van der Waals surface area contributed by atoms with Gasteiger partial charge in [-0.3, -0.25) is 0 Å². The lowest BCUT2D eigenvalue weighted by atomic mass is 10.1. The molecule has 0 radical (unpaired) electrons. The van der Waals surface area contributed by atoms with Crippen LogP contribution in [-0.4, -0.2) is 59.3 Å². The first-order chi connectivity index (χ1) is 10.3. The lowest BCUT2D eigenvalue weighted by molar-refractivity contribution is 0.0903. The standard InChI is InChI=1S/C14H20N4O2S/c19-10-7-18(8-10)14-16-11-3-6-21-12(11)13(17-14)15-9-1-4-20-5-2-9/h9-10,19H,1-8H2,(H,15,16,17). The number of aliphatic hydroxyl groups excluding tert-OH is 1. The van der Waals surface area contributed by atoms with E-state index in [-0.39, 0.29) is 6.10 Å². The van der Waals surface area contributed by atoms with Crippen LogP contribution in [0.1, 0.15) is 18.5 Å². The van der Waals surface area contributed by atoms with Crippen molar-refractivity contribution in [3.63, 3.8) is 0 Å². The zero-order valence-electron chi connectivity index (χ0n) is 11.9. The molecule has 0 amide bonds. The number of aryl methyl sites for hydroxylation is 1. The lowest BCUT2D eigenvalue weighted by Gasteiger charge is -2.36. The van der Waals surface area contributed by atoms with Crippen molar-refractivity contribution in [3.8, 4) is 0 Å². The first-order valence-electron chi connectivity index (χ1n) is 7.60. The maximum atomic E-state index is 9.47. The van der Waals surface area contributed by atoms with Gasteiger partial charge < -0.3 is 20.1 Å². The predicted octanol–water partition coefficient (Wildman–Crippen LogP) is 0.897. The number of anilines is 2. The molecule has 6 nitrogen and oxygen atoms in total. The minimum Gasteiger partial charge on any atom is -0.389 e. The Morgan fingerprint density at radius 3 is 2.81 bits per heavy atom. The minimum absolute atomic E-state index is 0.233. The summed E-state index contributed by atoms with van der Waals surface area (Å²) in [6, 6.07) is 0.439. The van der Waals surface area contributed by atoms with Gasteiger partial charge in [-0.15, -0.1) is 11.8 Å². The summed E-state index contributed by atoms with van der Waals surface area (Å²) >= 11 is 1.84. The number of nitrogens with zero attached hydrogens (tertiary/aromatic N) is 3. The summed E-state index contributed by atoms with van der Waals surface area (Å²) in [5, 5.41) is 13.1. The third-order valence-electron chi connectivity index (χ3n) is 4.22. The topological polar surface area (TPSA) is 70.5 Å². The molecule has 0 saturated carbocycles. The smallest absolute Gasteiger partial charge is 0.227 e. The molecule has 114 valence electrons. The fourth-order valence-electron chi connectivity index (χ4n) is 2.95. The summed E-state index contributed by atoms with van der Waals surface area (Å²) in [4.78, 5) is 12.7. The van der Waals surface area contributed by atoms with Crippen LogP contribution in [0, 0.1) is 0 Å². The van der Waals surface area contributed by atoms with Gasteiger partial charge in [0.25, 0.3) is 0 Å². The third-order valence-corrected chi connectivity index (χ3v) is 5.34. The van der Waals surface area contributed by atoms with Gasteiger partial charge in [0.1, 0.15) is 5.82 Å². The van der Waals surface area contributed by atoms with Crippen LogP contribution in [0.5, 0.6) is 0 Å². The van der Waals surface area contributed by atoms with Crippen molar-refractivity contribution in [1.82, 2.24) is 9.97 Å². The molecule has 1 aromatic heterocycles. The Hall–Kier alpha value is -1.05. The molecule has 3 aliphatic rings. The van der Waals surface area contributed by atoms with E-state index in [1.165, 1.54) is 4.90 Å². The van der Waals surface area contributed by atoms with Crippen LogP contribution in [0.2, 0.25) is 0 Å². The molecule has 0 aromatic carbocycles. The highest BCUT2D eigenvalue weighted by Gasteiger charge is 2.30. The Labute approximate surface area is 128 Å². The fourth-order valence-corrected chi connectivity index (χ4v) is 4.00. The summed E-state index contributed by atoms with van der Waals surface area (Å²) in [6.07, 6.45) is 2.83. The number of fused-ring (bicyclic) bond motifs is 1. The molecular formula is C14H20N4O2S. The van der Waals surface area contributed by atoms with E-state index in [4.69, 9.17) is 9.72 Å². The van der Waals surface area contributed by atoms with Crippen molar-refractivity contribution < 1.29 is 9.84 Å². The SMILES string of the molecule is OC1CN(c2nc3c(c(NC4CCOCC4)n2)SCC3)C1. The first kappa shape index (κ1) is 13.6. The third kappa shape index (κ3) is 2.69. The Morgan fingerprint density at radius 1 is 1.24 bits per heavy atom. The van der Waals surface area contributed by atoms with Crippen LogP contribution in [-0.2, 0) is 11.2 Å². The summed E-state index contributed by atoms with van der Waals surface area (Å²) in [6.45, 7) is 2.93. The number of hydrogen-bond donors (Lipinski definition) is 2. The van der Waals surface area contributed by atoms with Crippen LogP contribution in [0.4, 0.5) is 11.8 Å². The Kier molecular flexibility index (Phi) is 3.64. The summed E-state index contributed by atoms with van der Waals surface area (Å²) in [5.41, 5.74) is 1.15. The van der Waals surface area contributed by atoms with E-state index >= 15 is 0 Å². The second-order valence-corrected chi connectivity index (χ2v) is 6.94. The molecule has 0 atom stereocenters. The quantitative estimate of drug-likeness (QED) is 0.859. The van der Waals surface area contributed by atoms with E-state index in [1.807, 2.05) is 16.7 Å². The molecule has 2 N–H and O–H groups in total. The Morgan fingerprint density at radius 2 is 2.05 bits per heavy atom. The van der Waals surface area contributed by atoms with Crippen LogP contribution < -0.4 is 10.2 Å². The second kappa shape index (κ2) is 5.62. The molecule has 2 saturated heterocycles. The van der Waals surface area contributed by atoms with Crippen molar-refractivity contribution in [3.05, 3.63) is 5.69 Å². The summed E-state index contributed by atoms with van der Waals surface area (Å²) in [7, 11) is 0. The number of rotatable bonds is 3. The van der Waals surface area contributed by atoms with Gasteiger partial charge in [0.2, 0.25) is 5.95 Å². The summed E-state index contributed by atoms with van der Waals surface area (Å²) < 4.78 is 5.42. The molecule has 4 rings (SSSR count). The van der Waals surface area contributed by atoms with E-state index in [2.05, 4.69) is 10.3 Å². The molecule has 2 fully saturated rings. The first-order valence-corrected chi connectivity index (χ1v) is 8.59. The summed E-state index contributed by atoms with van der Waals surface area (Å²) in [5.74, 6) is 2.82. The van der Waals surface area contributed by atoms with Crippen molar-refractivity contribution >= 4 is 23.5 Å². The van der Waals surface area contributed by atoms with Crippen LogP contribution in [0.15, 0.2) is 4.90 Å². The average molecular weight is 308 g/mol. The molecule has 3 aliphatic heterocycles. The molecule has 1 aromatic rings. The van der Waals surface area contributed by atoms with Crippen LogP contribution in [0.3, 0.4) is 0 Å². The Balaban J connectivity index is 1.58. The number of thioether (sulfide) groups is 1. The van der Waals surface area contributed by atoms with Gasteiger partial charge in [-0.2, -0.15) is 4.98 Å². The van der Waals surface area contributed by atoms with Crippen molar-refractivity contribution in [2.75, 3.05) is 42.3 Å². The number of β-amino-alcohol motifs (C(OH)–C–C–N with tert-alkyl or cyclic N) is 1. The van der Waals surface area contributed by atoms with Gasteiger partial charge in [-0.1, -0.05) is 0 Å². The normalized spacial score (nSPS) is 23.0. The van der Waals surface area contributed by atoms with Crippen LogP contribution in [0.25, 0.3) is 0 Å². The maximum absolute atomic E-state index is 9.47. The van der Waals surface area contributed by atoms with Gasteiger partial charge in [0, 0.05) is 44.5 Å². The molecule has 0 unspecified atom stereocenters. The van der Waals surface area contributed by atoms with E-state index in [0.717, 1.165) is 55.7 Å². The van der Waals surface area contributed by atoms with E-state index < -0.39 is 0 Å². The van der Waals surface area contributed by atoms with Gasteiger partial charge >= 0.3 is 0 Å². The second-order valence-electron chi connectivity index (χ2n) is 5.84. The Bertz CT molecular complexity index is 530. The van der Waals surface area contributed by atoms with Crippen molar-refractivity contribution in [1.29, 1.82) is 0 Å². The lowest BCUT2D eigenvalue weighted by Crippen LogP contribution is -2.51. The van der Waals surface area contributed by atoms with E-state index in [1.54, 1.807) is 0 Å². The zero-order valence-corrected chi connectivity index (χ0v) is 12.7. The maximum Gasteiger partial charge on any atom is 0.227 e. The van der Waals surface area contributed by atoms with Gasteiger partial charge in [0.05, 0.1) is 16.7 Å². The molecule has 0 spiro atoms. The van der Waals surface area contributed by atoms with E-state index in [9.17, 15) is 5.11 Å². The highest BCUT2D eigenvalue weighted by Crippen LogP contribution is 2.37. The van der Waals surface area contributed by atoms with Crippen molar-refractivity contribution in [2.24, 2.45) is 0 Å². The number of aliphatic hydroxyl groups is 1. The molecule has 21 heavy (non-hydrogen) atoms. The minimum atomic E-state index is -0.233. The zero-order chi connectivity index (χ0) is 14.2. The van der Waals surface area contributed by atoms with Gasteiger partial charge in [-0.25, -0.2) is 4.98 Å². The highest BCUT2D eigenvalue weighted by atomic mass is 32.2. The molecular weight excluding hydrogens is 288 g/mol. The predicted molar refractivity (Wildman–Crippen MR) is 82.1 cm³/mol. The molecule has 7 heteroatoms. The highest BCUT2D eigenvalue weighted by molar-refractivity contribution is 7.99. The number of ether oxygens (including phenoxy) is 1. The molecule has 0 aliphatic carbocycles. The fraction of sp³-hybridized carbons (Fsp3) is 0.714. The molecule has 0 bridgehead atoms. The van der Waals surface area contributed by atoms with Gasteiger partial charge in [-0.05, 0) is 12.8 Å². The number of aromatic nitrogens is 2. The number of nitrogens with one attached hydrogen (secondary N) is 1. The van der Waals surface area contributed by atoms with Crippen LogP contribution >= 0.6 is 11.8 Å². The van der Waals surface area contributed by atoms with E-state index in [0.29, 0.717) is 19.1 Å². The largest absolute Gasteiger partial charge is 0.389 e. The average Bonchev–Trinajstić information content (AvgIpc) is 2.93.